The Labute approximate surface area is 829 Å². The number of benzene rings is 12. The number of fused-ring (bicyclic) bond motifs is 4. The summed E-state index contributed by atoms with van der Waals surface area (Å²) in [6.07, 6.45) is 20.9. The first kappa shape index (κ1) is 98.5. The number of carbonyl (C=O) groups is 7. The Hall–Kier alpha value is -15.1. The molecule has 12 N–H and O–H groups in total. The number of nitrogen functional groups attached to an aromatic ring is 2. The predicted molar refractivity (Wildman–Crippen MR) is 562 cm³/mol. The number of urea groups is 4. The number of carboxylic acids is 3. The van der Waals surface area contributed by atoms with Gasteiger partial charge in [0.25, 0.3) is 0 Å². The molecular weight excluding hydrogens is 1790 g/mol. The number of ether oxygens (including phenoxy) is 4. The van der Waals surface area contributed by atoms with Gasteiger partial charge in [0.15, 0.2) is 0 Å². The van der Waals surface area contributed by atoms with E-state index in [1.165, 1.54) is 91.7 Å². The molecule has 0 radical (unpaired) electrons. The number of aliphatic carboxylic acids is 2. The second-order valence-corrected chi connectivity index (χ2v) is 38.4. The van der Waals surface area contributed by atoms with E-state index in [-0.39, 0.29) is 48.1 Å². The average molecular weight is 1910 g/mol. The molecule has 0 atom stereocenters. The fraction of sp³-hybridized carbons (Fsp3) is 0.325. The minimum atomic E-state index is -1.11. The topological polar surface area (TPSA) is 350 Å². The molecule has 12 aromatic rings. The number of aliphatic hydroxyl groups excluding tert-OH is 1. The normalized spacial score (nSPS) is 19.3. The van der Waals surface area contributed by atoms with Crippen molar-refractivity contribution in [2.45, 2.75) is 159 Å². The van der Waals surface area contributed by atoms with Crippen molar-refractivity contribution in [3.63, 3.8) is 0 Å². The molecule has 4 aliphatic carbocycles. The Kier molecular flexibility index (Phi) is 32.4. The van der Waals surface area contributed by atoms with E-state index in [4.69, 9.17) is 40.6 Å². The van der Waals surface area contributed by atoms with Crippen LogP contribution in [0.15, 0.2) is 273 Å². The highest BCUT2D eigenvalue weighted by atomic mass is 16.5. The van der Waals surface area contributed by atoms with Gasteiger partial charge in [0.2, 0.25) is 0 Å². The summed E-state index contributed by atoms with van der Waals surface area (Å²) in [5.74, 6) is 4.68. The number of carboxylic acid groups (broad SMARTS) is 3. The molecule has 0 spiro atoms. The van der Waals surface area contributed by atoms with E-state index in [9.17, 15) is 43.8 Å². The molecule has 0 saturated heterocycles. The lowest BCUT2D eigenvalue weighted by Gasteiger charge is -2.30. The molecule has 20 rings (SSSR count). The molecule has 25 nitrogen and oxygen atoms in total. The quantitative estimate of drug-likeness (QED) is 0.0317. The van der Waals surface area contributed by atoms with Gasteiger partial charge in [-0.2, -0.15) is 0 Å². The molecule has 734 valence electrons. The molecular formula is C117H126N10O15. The highest BCUT2D eigenvalue weighted by Crippen LogP contribution is 2.47. The number of aliphatic hydroxyl groups is 1. The maximum atomic E-state index is 13.1. The van der Waals surface area contributed by atoms with Crippen molar-refractivity contribution in [1.82, 2.24) is 0 Å². The second kappa shape index (κ2) is 46.8. The minimum Gasteiger partial charge on any atom is -0.490 e. The number of nitrogens with one attached hydrogen (secondary N) is 4. The largest absolute Gasteiger partial charge is 0.490 e. The molecule has 12 aromatic carbocycles. The van der Waals surface area contributed by atoms with Crippen LogP contribution in [0.3, 0.4) is 0 Å². The lowest BCUT2D eigenvalue weighted by Crippen LogP contribution is -2.41. The van der Waals surface area contributed by atoms with Crippen LogP contribution in [0.1, 0.15) is 192 Å². The van der Waals surface area contributed by atoms with Crippen LogP contribution in [0.25, 0.3) is 44.5 Å². The third-order valence-corrected chi connectivity index (χ3v) is 29.4. The van der Waals surface area contributed by atoms with Gasteiger partial charge in [-0.25, -0.2) is 24.0 Å². The lowest BCUT2D eigenvalue weighted by atomic mass is 9.77. The van der Waals surface area contributed by atoms with Crippen LogP contribution in [-0.2, 0) is 9.59 Å². The van der Waals surface area contributed by atoms with Gasteiger partial charge < -0.3 is 72.1 Å². The van der Waals surface area contributed by atoms with Gasteiger partial charge in [0.05, 0.1) is 71.6 Å². The predicted octanol–water partition coefficient (Wildman–Crippen LogP) is 25.8. The monoisotopic (exact) mass is 1910 g/mol. The van der Waals surface area contributed by atoms with E-state index in [1.54, 1.807) is 74.2 Å². The van der Waals surface area contributed by atoms with Crippen molar-refractivity contribution < 1.29 is 72.9 Å². The highest BCUT2D eigenvalue weighted by molar-refractivity contribution is 6.08. The number of hydrogen-bond donors (Lipinski definition) is 10. The van der Waals surface area contributed by atoms with Crippen LogP contribution in [0.2, 0.25) is 0 Å². The Balaban J connectivity index is 0.000000130. The van der Waals surface area contributed by atoms with Crippen molar-refractivity contribution in [2.24, 2.45) is 23.7 Å². The molecule has 8 aliphatic rings. The maximum Gasteiger partial charge on any atom is 0.337 e. The smallest absolute Gasteiger partial charge is 0.337 e. The van der Waals surface area contributed by atoms with Crippen LogP contribution < -0.4 is 71.3 Å². The third-order valence-electron chi connectivity index (χ3n) is 29.4. The number of hydrogen-bond acceptors (Lipinski definition) is 14. The van der Waals surface area contributed by atoms with E-state index in [1.807, 2.05) is 103 Å². The van der Waals surface area contributed by atoms with Gasteiger partial charge in [-0.15, -0.1) is 0 Å². The summed E-state index contributed by atoms with van der Waals surface area (Å²) >= 11 is 0. The van der Waals surface area contributed by atoms with Gasteiger partial charge in [0.1, 0.15) is 49.4 Å². The fourth-order valence-electron chi connectivity index (χ4n) is 21.2. The van der Waals surface area contributed by atoms with E-state index in [0.29, 0.717) is 135 Å². The fourth-order valence-corrected chi connectivity index (χ4v) is 21.2. The van der Waals surface area contributed by atoms with Crippen molar-refractivity contribution in [2.75, 3.05) is 112 Å². The minimum absolute atomic E-state index is 0.0291. The molecule has 0 aromatic heterocycles. The summed E-state index contributed by atoms with van der Waals surface area (Å²) in [4.78, 5) is 92.0. The van der Waals surface area contributed by atoms with Crippen molar-refractivity contribution in [3.05, 3.63) is 301 Å². The third kappa shape index (κ3) is 24.8. The summed E-state index contributed by atoms with van der Waals surface area (Å²) < 4.78 is 23.6. The number of nitrogens with zero attached hydrogens (tertiary/aromatic N) is 4. The lowest BCUT2D eigenvalue weighted by molar-refractivity contribution is -0.139. The number of anilines is 10. The van der Waals surface area contributed by atoms with Crippen molar-refractivity contribution in [3.8, 4) is 67.5 Å². The Bertz CT molecular complexity index is 6370. The summed E-state index contributed by atoms with van der Waals surface area (Å²) in [7, 11) is 0. The van der Waals surface area contributed by atoms with E-state index >= 15 is 0 Å². The Morgan fingerprint density at radius 1 is 0.317 bits per heavy atom. The zero-order valence-corrected chi connectivity index (χ0v) is 80.3. The summed E-state index contributed by atoms with van der Waals surface area (Å²) in [5.41, 5.74) is 32.3. The number of amides is 8. The van der Waals surface area contributed by atoms with Crippen LogP contribution in [0.4, 0.5) is 76.1 Å². The summed E-state index contributed by atoms with van der Waals surface area (Å²) in [6.45, 7) is 6.11. The van der Waals surface area contributed by atoms with Gasteiger partial charge in [-0.3, -0.25) is 29.2 Å². The molecule has 25 heteroatoms. The standard InChI is InChI=1S/C30H30N2O6.C29H31N3O4.C29H33N3O2.C29H32N2O3/c33-28(34)17-19-5-7-20(8-6-19)21-9-11-22(12-10-21)23-13-14-26-27(18-23)38-16-15-32(26)30(37)31-25-4-2-1-3-24(25)29(35)36;30-24-3-1-2-4-25(24)31-29(35)32-15-16-36-27-18-23(13-14-26(27)32)22-11-9-21(10-12-22)20-7-5-19(6-8-20)17-28(33)34;1-2-20-3-5-21(6-4-20)22-7-9-23(10-8-22)24-11-16-27-28(19-24)34-18-17-32(27)29(33)31-26-14-12-25(30)13-15-26;32-18-16-21-6-8-22(9-7-21)23-10-12-24(13-11-23)25-14-15-27-28(20-25)34-19-17-31(27)29(33)30-26-4-2-1-3-5-26/h1-4,9-14,18-20H,5-8,15-17H2,(H,31,37)(H,33,34)(H,35,36);1-4,9-14,18-20H,5-8,15-17,30H2,(H,31,35)(H,33,34);7-16,19-21H,2-6,17-18,30H2,1H3,(H,31,33);1-5,10-15,20-22,32H,6-9,16-19H2,(H,30,33). The van der Waals surface area contributed by atoms with E-state index in [2.05, 4.69) is 137 Å². The first-order valence-corrected chi connectivity index (χ1v) is 50.1. The van der Waals surface area contributed by atoms with Gasteiger partial charge >= 0.3 is 42.0 Å². The Morgan fingerprint density at radius 2 is 0.613 bits per heavy atom. The average Bonchev–Trinajstić information content (AvgIpc) is 0.796. The molecule has 4 saturated carbocycles. The van der Waals surface area contributed by atoms with E-state index in [0.717, 1.165) is 137 Å². The molecule has 142 heavy (non-hydrogen) atoms. The molecule has 4 heterocycles. The summed E-state index contributed by atoms with van der Waals surface area (Å²) in [5, 5.41) is 48.2. The van der Waals surface area contributed by atoms with Crippen LogP contribution in [0.5, 0.6) is 23.0 Å². The highest BCUT2D eigenvalue weighted by Gasteiger charge is 2.34. The van der Waals surface area contributed by atoms with Gasteiger partial charge in [-0.05, 0) is 332 Å². The molecule has 4 aliphatic heterocycles. The Morgan fingerprint density at radius 3 is 0.944 bits per heavy atom. The first-order valence-electron chi connectivity index (χ1n) is 50.1. The number of aromatic carboxylic acids is 1. The zero-order valence-electron chi connectivity index (χ0n) is 80.3. The number of nitrogens with two attached hydrogens (primary N) is 2. The van der Waals surface area contributed by atoms with Crippen LogP contribution in [0, 0.1) is 23.7 Å². The van der Waals surface area contributed by atoms with Crippen molar-refractivity contribution in [1.29, 1.82) is 0 Å². The molecule has 0 bridgehead atoms. The number of rotatable bonds is 20. The summed E-state index contributed by atoms with van der Waals surface area (Å²) in [6, 6.07) is 88.0. The molecule has 0 unspecified atom stereocenters. The second-order valence-electron chi connectivity index (χ2n) is 38.4. The molecule has 4 fully saturated rings. The van der Waals surface area contributed by atoms with Gasteiger partial charge in [0, 0.05) is 36.5 Å². The van der Waals surface area contributed by atoms with Crippen molar-refractivity contribution >= 4 is 98.9 Å². The van der Waals surface area contributed by atoms with Crippen LogP contribution in [-0.4, -0.2) is 122 Å². The zero-order chi connectivity index (χ0) is 98.5. The number of para-hydroxylation sites is 4. The first-order chi connectivity index (χ1) is 69.2. The molecule has 8 amide bonds. The maximum absolute atomic E-state index is 13.1. The number of carbonyl (C=O) groups excluding carboxylic acids is 4. The van der Waals surface area contributed by atoms with E-state index < -0.39 is 23.9 Å². The SMILES string of the molecule is CCC1CCC(c2ccc(-c3ccc4c(c3)OCCN4C(=O)Nc3ccc(N)cc3)cc2)CC1.Nc1ccccc1NC(=O)N1CCOc2cc(-c3ccc(C4CCC(CC(=O)O)CC4)cc3)ccc21.O=C(Nc1ccccc1)N1CCOc2cc(-c3ccc(C4CCC(CCO)CC4)cc3)ccc21.O=C(O)CC1CCC(c2ccc(-c3ccc4c(c3)OCCN4C(=O)Nc3ccccc3C(=O)O)cc2)CC1. The van der Waals surface area contributed by atoms with Gasteiger partial charge in [-0.1, -0.05) is 177 Å². The van der Waals surface area contributed by atoms with Crippen LogP contribution >= 0.6 is 0 Å².